The van der Waals surface area contributed by atoms with E-state index in [0.29, 0.717) is 27.6 Å². The number of hydrogen-bond acceptors (Lipinski definition) is 10. The van der Waals surface area contributed by atoms with Gasteiger partial charge in [-0.25, -0.2) is 9.48 Å². The van der Waals surface area contributed by atoms with Crippen LogP contribution in [0.2, 0.25) is 0 Å². The van der Waals surface area contributed by atoms with Crippen molar-refractivity contribution in [3.8, 4) is 5.75 Å². The summed E-state index contributed by atoms with van der Waals surface area (Å²) in [6.45, 7) is -0.0681. The summed E-state index contributed by atoms with van der Waals surface area (Å²) in [6, 6.07) is 13.3. The summed E-state index contributed by atoms with van der Waals surface area (Å²) in [5.41, 5.74) is 7.84. The van der Waals surface area contributed by atoms with E-state index >= 15 is 0 Å². The molecule has 4 N–H and O–H groups in total. The molecule has 1 unspecified atom stereocenters. The quantitative estimate of drug-likeness (QED) is 0.252. The number of aliphatic carboxylic acids is 1. The maximum Gasteiger partial charge on any atom is 0.352 e. The van der Waals surface area contributed by atoms with Gasteiger partial charge in [-0.1, -0.05) is 60.3 Å². The molecule has 39 heavy (non-hydrogen) atoms. The molecule has 0 saturated carbocycles. The molecule has 0 aliphatic carbocycles. The number of carbonyl (C=O) groups is 3. The van der Waals surface area contributed by atoms with Crippen LogP contribution in [0.25, 0.3) is 0 Å². The van der Waals surface area contributed by atoms with Gasteiger partial charge in [0.05, 0.1) is 6.54 Å². The van der Waals surface area contributed by atoms with E-state index in [-0.39, 0.29) is 23.7 Å². The zero-order valence-electron chi connectivity index (χ0n) is 20.7. The number of aromatic nitrogens is 4. The first-order chi connectivity index (χ1) is 18.8. The maximum absolute atomic E-state index is 13.7. The van der Waals surface area contributed by atoms with Gasteiger partial charge in [0.2, 0.25) is 11.1 Å². The highest BCUT2D eigenvalue weighted by atomic mass is 32.2. The molecule has 2 aliphatic heterocycles. The SMILES string of the molecule is Cn1nnnc1SCC1=C(C(=O)O)N2C(=O)C(N(Cc3ccccc3O)C(=O)[C@H](N)c3ccccc3)[C@H]2SC1. The molecule has 0 radical (unpaired) electrons. The highest BCUT2D eigenvalue weighted by Gasteiger charge is 2.57. The predicted molar refractivity (Wildman–Crippen MR) is 143 cm³/mol. The Morgan fingerprint density at radius 3 is 2.59 bits per heavy atom. The summed E-state index contributed by atoms with van der Waals surface area (Å²) in [6.07, 6.45) is 0. The summed E-state index contributed by atoms with van der Waals surface area (Å²) < 4.78 is 1.48. The molecule has 14 heteroatoms. The molecule has 3 atom stereocenters. The van der Waals surface area contributed by atoms with Crippen molar-refractivity contribution in [2.24, 2.45) is 12.8 Å². The lowest BCUT2D eigenvalue weighted by Gasteiger charge is -2.53. The van der Waals surface area contributed by atoms with Crippen molar-refractivity contribution >= 4 is 41.3 Å². The number of carboxylic acids is 1. The van der Waals surface area contributed by atoms with Crippen LogP contribution < -0.4 is 5.73 Å². The number of tetrazole rings is 1. The van der Waals surface area contributed by atoms with Gasteiger partial charge in [0, 0.05) is 24.1 Å². The number of aryl methyl sites for hydroxylation is 1. The number of rotatable bonds is 9. The van der Waals surface area contributed by atoms with Crippen LogP contribution in [0.1, 0.15) is 17.2 Å². The van der Waals surface area contributed by atoms with E-state index in [1.807, 2.05) is 6.07 Å². The summed E-state index contributed by atoms with van der Waals surface area (Å²) >= 11 is 2.65. The number of carboxylic acid groups (broad SMARTS) is 1. The first kappa shape index (κ1) is 26.7. The fourth-order valence-electron chi connectivity index (χ4n) is 4.55. The molecule has 1 saturated heterocycles. The van der Waals surface area contributed by atoms with Crippen LogP contribution in [0, 0.1) is 0 Å². The molecule has 202 valence electrons. The Balaban J connectivity index is 1.44. The summed E-state index contributed by atoms with van der Waals surface area (Å²) in [5.74, 6) is -1.64. The number of amides is 2. The molecule has 2 aromatic carbocycles. The van der Waals surface area contributed by atoms with Crippen molar-refractivity contribution in [2.45, 2.75) is 29.2 Å². The van der Waals surface area contributed by atoms with E-state index in [1.165, 1.54) is 44.1 Å². The standard InChI is InChI=1S/C25H25N7O5S2/c1-30-25(27-28-29-30)39-13-16-12-38-23-20(22(35)32(23)19(16)24(36)37)31(11-15-9-5-6-10-17(15)33)21(34)18(26)14-7-3-2-4-8-14/h2-10,18,20,23,33H,11-13,26H2,1H3,(H,36,37)/t18-,20?,23-/m1/s1. The average Bonchev–Trinajstić information content (AvgIpc) is 3.36. The fraction of sp³-hybridized carbons (Fsp3) is 0.280. The number of benzene rings is 2. The molecule has 0 spiro atoms. The van der Waals surface area contributed by atoms with Gasteiger partial charge in [-0.3, -0.25) is 14.5 Å². The number of nitrogens with two attached hydrogens (primary N) is 1. The summed E-state index contributed by atoms with van der Waals surface area (Å²) in [5, 5.41) is 31.6. The van der Waals surface area contributed by atoms with Gasteiger partial charge in [-0.15, -0.1) is 16.9 Å². The molecular formula is C25H25N7O5S2. The van der Waals surface area contributed by atoms with Gasteiger partial charge in [0.1, 0.15) is 28.9 Å². The van der Waals surface area contributed by atoms with Gasteiger partial charge < -0.3 is 20.8 Å². The van der Waals surface area contributed by atoms with E-state index in [9.17, 15) is 24.6 Å². The molecule has 3 aromatic rings. The number of hydrogen-bond donors (Lipinski definition) is 3. The zero-order chi connectivity index (χ0) is 27.7. The van der Waals surface area contributed by atoms with E-state index in [0.717, 1.165) is 0 Å². The van der Waals surface area contributed by atoms with E-state index in [2.05, 4.69) is 15.5 Å². The van der Waals surface area contributed by atoms with Crippen LogP contribution in [0.4, 0.5) is 0 Å². The van der Waals surface area contributed by atoms with Crippen molar-refractivity contribution in [2.75, 3.05) is 11.5 Å². The topological polar surface area (TPSA) is 168 Å². The number of para-hydroxylation sites is 1. The smallest absolute Gasteiger partial charge is 0.352 e. The van der Waals surface area contributed by atoms with E-state index < -0.39 is 35.2 Å². The second-order valence-electron chi connectivity index (χ2n) is 8.97. The molecule has 2 aliphatic rings. The number of β-lactam (4-membered cyclic amide) rings is 1. The van der Waals surface area contributed by atoms with Crippen molar-refractivity contribution in [3.05, 3.63) is 77.0 Å². The Bertz CT molecular complexity index is 1450. The number of nitrogens with zero attached hydrogens (tertiary/aromatic N) is 6. The van der Waals surface area contributed by atoms with Gasteiger partial charge >= 0.3 is 5.97 Å². The van der Waals surface area contributed by atoms with Crippen LogP contribution in [0.5, 0.6) is 5.75 Å². The third-order valence-electron chi connectivity index (χ3n) is 6.55. The molecule has 1 fully saturated rings. The third kappa shape index (κ3) is 5.10. The number of carbonyl (C=O) groups excluding carboxylic acids is 2. The lowest BCUT2D eigenvalue weighted by Crippen LogP contribution is -2.71. The van der Waals surface area contributed by atoms with Crippen LogP contribution in [-0.4, -0.2) is 80.9 Å². The van der Waals surface area contributed by atoms with Crippen molar-refractivity contribution in [1.82, 2.24) is 30.0 Å². The Morgan fingerprint density at radius 2 is 1.92 bits per heavy atom. The molecular weight excluding hydrogens is 542 g/mol. The molecule has 12 nitrogen and oxygen atoms in total. The van der Waals surface area contributed by atoms with Gasteiger partial charge in [0.25, 0.3) is 5.91 Å². The van der Waals surface area contributed by atoms with Crippen molar-refractivity contribution in [1.29, 1.82) is 0 Å². The first-order valence-electron chi connectivity index (χ1n) is 11.9. The summed E-state index contributed by atoms with van der Waals surface area (Å²) in [4.78, 5) is 42.3. The lowest BCUT2D eigenvalue weighted by molar-refractivity contribution is -0.161. The Kier molecular flexibility index (Phi) is 7.59. The number of fused-ring (bicyclic) bond motifs is 1. The van der Waals surface area contributed by atoms with E-state index in [1.54, 1.807) is 49.5 Å². The molecule has 0 bridgehead atoms. The number of phenols is 1. The number of aromatic hydroxyl groups is 1. The van der Waals surface area contributed by atoms with Crippen molar-refractivity contribution in [3.63, 3.8) is 0 Å². The van der Waals surface area contributed by atoms with Crippen LogP contribution in [0.3, 0.4) is 0 Å². The Morgan fingerprint density at radius 1 is 1.21 bits per heavy atom. The highest BCUT2D eigenvalue weighted by Crippen LogP contribution is 2.44. The minimum Gasteiger partial charge on any atom is -0.508 e. The monoisotopic (exact) mass is 567 g/mol. The second-order valence-corrected chi connectivity index (χ2v) is 11.0. The minimum absolute atomic E-state index is 0.0211. The molecule has 3 heterocycles. The zero-order valence-corrected chi connectivity index (χ0v) is 22.4. The van der Waals surface area contributed by atoms with Gasteiger partial charge in [-0.05, 0) is 27.6 Å². The first-order valence-corrected chi connectivity index (χ1v) is 13.9. The average molecular weight is 568 g/mol. The Labute approximate surface area is 231 Å². The largest absolute Gasteiger partial charge is 0.508 e. The van der Waals surface area contributed by atoms with Gasteiger partial charge in [0.15, 0.2) is 0 Å². The van der Waals surface area contributed by atoms with Crippen LogP contribution >= 0.6 is 23.5 Å². The fourth-order valence-corrected chi connectivity index (χ4v) is 6.95. The number of phenolic OH excluding ortho intramolecular Hbond substituents is 1. The van der Waals surface area contributed by atoms with Crippen LogP contribution in [0.15, 0.2) is 71.0 Å². The predicted octanol–water partition coefficient (Wildman–Crippen LogP) is 1.36. The molecule has 5 rings (SSSR count). The summed E-state index contributed by atoms with van der Waals surface area (Å²) in [7, 11) is 1.68. The number of thioether (sulfide) groups is 2. The van der Waals surface area contributed by atoms with Gasteiger partial charge in [-0.2, -0.15) is 0 Å². The second kappa shape index (κ2) is 11.1. The van der Waals surface area contributed by atoms with Crippen molar-refractivity contribution < 1.29 is 24.6 Å². The normalized spacial score (nSPS) is 19.3. The lowest BCUT2D eigenvalue weighted by atomic mass is 9.98. The molecule has 2 amide bonds. The van der Waals surface area contributed by atoms with Crippen LogP contribution in [-0.2, 0) is 28.0 Å². The van der Waals surface area contributed by atoms with E-state index in [4.69, 9.17) is 5.73 Å². The third-order valence-corrected chi connectivity index (χ3v) is 8.98. The Hall–Kier alpha value is -3.88. The minimum atomic E-state index is -1.22. The molecule has 1 aromatic heterocycles. The maximum atomic E-state index is 13.7. The highest BCUT2D eigenvalue weighted by molar-refractivity contribution is 8.01.